The predicted octanol–water partition coefficient (Wildman–Crippen LogP) is 2.50. The molecular weight excluding hydrogens is 206 g/mol. The third-order valence-electron chi connectivity index (χ3n) is 2.93. The van der Waals surface area contributed by atoms with Crippen LogP contribution in [0.1, 0.15) is 30.6 Å². The van der Waals surface area contributed by atoms with E-state index in [1.54, 1.807) is 6.07 Å². The Bertz CT molecular complexity index is 400. The molecule has 1 aliphatic carbocycles. The van der Waals surface area contributed by atoms with Crippen molar-refractivity contribution in [3.8, 4) is 0 Å². The van der Waals surface area contributed by atoms with Crippen molar-refractivity contribution in [2.75, 3.05) is 0 Å². The van der Waals surface area contributed by atoms with Crippen molar-refractivity contribution in [1.82, 2.24) is 5.32 Å². The van der Waals surface area contributed by atoms with Gasteiger partial charge in [-0.2, -0.15) is 0 Å². The Kier molecular flexibility index (Phi) is 2.51. The number of thiol groups is 1. The number of benzene rings is 1. The lowest BCUT2D eigenvalue weighted by Crippen LogP contribution is -2.28. The van der Waals surface area contributed by atoms with Gasteiger partial charge in [-0.05, 0) is 30.0 Å². The Hall–Kier alpha value is -0.960. The fraction of sp³-hybridized carbons (Fsp3) is 0.417. The van der Waals surface area contributed by atoms with Crippen LogP contribution in [0.15, 0.2) is 29.2 Å². The van der Waals surface area contributed by atoms with E-state index in [-0.39, 0.29) is 11.3 Å². The number of hydrogen-bond acceptors (Lipinski definition) is 2. The zero-order chi connectivity index (χ0) is 11.1. The van der Waals surface area contributed by atoms with E-state index in [0.29, 0.717) is 11.6 Å². The number of carbonyl (C=O) groups excluding carboxylic acids is 1. The van der Waals surface area contributed by atoms with Crippen LogP contribution in [0.2, 0.25) is 0 Å². The second kappa shape index (κ2) is 3.56. The van der Waals surface area contributed by atoms with Gasteiger partial charge in [-0.1, -0.05) is 19.9 Å². The molecule has 1 N–H and O–H groups in total. The normalized spacial score (nSPS) is 22.2. The summed E-state index contributed by atoms with van der Waals surface area (Å²) in [6.07, 6.45) is 1.07. The summed E-state index contributed by atoms with van der Waals surface area (Å²) in [5.74, 6) is 0.00137. The Morgan fingerprint density at radius 2 is 2.20 bits per heavy atom. The zero-order valence-corrected chi connectivity index (χ0v) is 9.84. The highest BCUT2D eigenvalue weighted by molar-refractivity contribution is 7.80. The van der Waals surface area contributed by atoms with Crippen LogP contribution in [0.25, 0.3) is 0 Å². The molecule has 0 spiro atoms. The van der Waals surface area contributed by atoms with E-state index in [4.69, 9.17) is 0 Å². The highest BCUT2D eigenvalue weighted by Gasteiger charge is 2.46. The largest absolute Gasteiger partial charge is 0.349 e. The number of nitrogens with one attached hydrogen (secondary N) is 1. The first-order chi connectivity index (χ1) is 6.99. The van der Waals surface area contributed by atoms with E-state index >= 15 is 0 Å². The maximum atomic E-state index is 11.8. The molecule has 15 heavy (non-hydrogen) atoms. The van der Waals surface area contributed by atoms with Crippen molar-refractivity contribution < 1.29 is 4.79 Å². The molecule has 1 fully saturated rings. The molecule has 0 saturated heterocycles. The van der Waals surface area contributed by atoms with Crippen LogP contribution < -0.4 is 5.32 Å². The molecule has 1 amide bonds. The van der Waals surface area contributed by atoms with Crippen molar-refractivity contribution in [3.05, 3.63) is 29.8 Å². The summed E-state index contributed by atoms with van der Waals surface area (Å²) in [4.78, 5) is 12.6. The Morgan fingerprint density at radius 1 is 1.53 bits per heavy atom. The summed E-state index contributed by atoms with van der Waals surface area (Å²) in [6, 6.07) is 7.63. The lowest BCUT2D eigenvalue weighted by Gasteiger charge is -2.07. The van der Waals surface area contributed by atoms with E-state index in [1.807, 2.05) is 18.2 Å². The summed E-state index contributed by atoms with van der Waals surface area (Å²) in [5, 5.41) is 3.01. The van der Waals surface area contributed by atoms with Gasteiger partial charge in [-0.15, -0.1) is 12.6 Å². The number of amides is 1. The van der Waals surface area contributed by atoms with Crippen molar-refractivity contribution in [1.29, 1.82) is 0 Å². The highest BCUT2D eigenvalue weighted by atomic mass is 32.1. The summed E-state index contributed by atoms with van der Waals surface area (Å²) in [5.41, 5.74) is 0.957. The molecular formula is C12H15NOS. The van der Waals surface area contributed by atoms with Crippen LogP contribution in [-0.2, 0) is 0 Å². The lowest BCUT2D eigenvalue weighted by molar-refractivity contribution is 0.0946. The minimum Gasteiger partial charge on any atom is -0.349 e. The molecule has 0 bridgehead atoms. The van der Waals surface area contributed by atoms with Crippen LogP contribution in [0.5, 0.6) is 0 Å². The van der Waals surface area contributed by atoms with Gasteiger partial charge < -0.3 is 5.32 Å². The molecule has 2 nitrogen and oxygen atoms in total. The van der Waals surface area contributed by atoms with E-state index in [9.17, 15) is 4.79 Å². The summed E-state index contributed by atoms with van der Waals surface area (Å²) in [7, 11) is 0. The third kappa shape index (κ3) is 2.34. The first-order valence-electron chi connectivity index (χ1n) is 5.09. The van der Waals surface area contributed by atoms with E-state index in [2.05, 4.69) is 31.8 Å². The van der Waals surface area contributed by atoms with Crippen LogP contribution in [0.4, 0.5) is 0 Å². The van der Waals surface area contributed by atoms with Gasteiger partial charge in [-0.3, -0.25) is 4.79 Å². The maximum Gasteiger partial charge on any atom is 0.251 e. The average Bonchev–Trinajstić information content (AvgIpc) is 2.73. The molecule has 1 unspecified atom stereocenters. The zero-order valence-electron chi connectivity index (χ0n) is 8.95. The molecule has 1 saturated carbocycles. The molecule has 1 atom stereocenters. The first-order valence-corrected chi connectivity index (χ1v) is 5.54. The topological polar surface area (TPSA) is 29.1 Å². The summed E-state index contributed by atoms with van der Waals surface area (Å²) >= 11 is 4.21. The van der Waals surface area contributed by atoms with Crippen molar-refractivity contribution >= 4 is 18.5 Å². The molecule has 1 aromatic rings. The monoisotopic (exact) mass is 221 g/mol. The fourth-order valence-electron chi connectivity index (χ4n) is 1.60. The molecule has 0 aromatic heterocycles. The van der Waals surface area contributed by atoms with E-state index in [0.717, 1.165) is 11.3 Å². The summed E-state index contributed by atoms with van der Waals surface area (Å²) < 4.78 is 0. The van der Waals surface area contributed by atoms with E-state index in [1.165, 1.54) is 0 Å². The fourth-order valence-corrected chi connectivity index (χ4v) is 1.83. The quantitative estimate of drug-likeness (QED) is 0.738. The van der Waals surface area contributed by atoms with Crippen LogP contribution >= 0.6 is 12.6 Å². The van der Waals surface area contributed by atoms with E-state index < -0.39 is 0 Å². The number of carbonyl (C=O) groups is 1. The molecule has 0 aliphatic heterocycles. The predicted molar refractivity (Wildman–Crippen MR) is 63.3 cm³/mol. The third-order valence-corrected chi connectivity index (χ3v) is 3.21. The standard InChI is InChI=1S/C12H15NOS/c1-12(2)7-10(12)13-11(14)8-4-3-5-9(15)6-8/h3-6,10,15H,7H2,1-2H3,(H,13,14). The summed E-state index contributed by atoms with van der Waals surface area (Å²) in [6.45, 7) is 4.32. The molecule has 80 valence electrons. The smallest absolute Gasteiger partial charge is 0.251 e. The van der Waals surface area contributed by atoms with Crippen LogP contribution in [0, 0.1) is 5.41 Å². The van der Waals surface area contributed by atoms with Gasteiger partial charge in [0.15, 0.2) is 0 Å². The van der Waals surface area contributed by atoms with Gasteiger partial charge in [0, 0.05) is 16.5 Å². The van der Waals surface area contributed by atoms with Gasteiger partial charge in [0.05, 0.1) is 0 Å². The van der Waals surface area contributed by atoms with Gasteiger partial charge in [0.2, 0.25) is 0 Å². The highest BCUT2D eigenvalue weighted by Crippen LogP contribution is 2.44. The maximum absolute atomic E-state index is 11.8. The van der Waals surface area contributed by atoms with Gasteiger partial charge >= 0.3 is 0 Å². The van der Waals surface area contributed by atoms with Crippen LogP contribution in [-0.4, -0.2) is 11.9 Å². The van der Waals surface area contributed by atoms with Crippen molar-refractivity contribution in [2.24, 2.45) is 5.41 Å². The van der Waals surface area contributed by atoms with Gasteiger partial charge in [-0.25, -0.2) is 0 Å². The Balaban J connectivity index is 2.03. The Labute approximate surface area is 95.5 Å². The average molecular weight is 221 g/mol. The van der Waals surface area contributed by atoms with Crippen molar-refractivity contribution in [2.45, 2.75) is 31.2 Å². The molecule has 0 radical (unpaired) electrons. The number of hydrogen-bond donors (Lipinski definition) is 2. The minimum atomic E-state index is 0.00137. The first kappa shape index (κ1) is 10.6. The molecule has 3 heteroatoms. The molecule has 1 aromatic carbocycles. The Morgan fingerprint density at radius 3 is 2.73 bits per heavy atom. The molecule has 2 rings (SSSR count). The van der Waals surface area contributed by atoms with Crippen molar-refractivity contribution in [3.63, 3.8) is 0 Å². The van der Waals surface area contributed by atoms with Crippen LogP contribution in [0.3, 0.4) is 0 Å². The minimum absolute atomic E-state index is 0.00137. The van der Waals surface area contributed by atoms with Gasteiger partial charge in [0.25, 0.3) is 5.91 Å². The molecule has 0 heterocycles. The lowest BCUT2D eigenvalue weighted by atomic mass is 10.1. The SMILES string of the molecule is CC1(C)CC1NC(=O)c1cccc(S)c1. The number of rotatable bonds is 2. The van der Waals surface area contributed by atoms with Gasteiger partial charge in [0.1, 0.15) is 0 Å². The second-order valence-corrected chi connectivity index (χ2v) is 5.29. The molecule has 1 aliphatic rings. The second-order valence-electron chi connectivity index (χ2n) is 4.77.